The SMILES string of the molecule is CC(C)c1nc2c(c(-c3ccc(F)cc3)c1/C=C/[C@@H](O)C[C@@H](O)CC(=O)O)CCCc1cc(NC(=O)NCCN(C)C)ccc1-2. The zero-order valence-corrected chi connectivity index (χ0v) is 26.3. The van der Waals surface area contributed by atoms with Crippen molar-refractivity contribution < 1.29 is 29.3 Å². The molecule has 1 aliphatic carbocycles. The molecule has 3 aromatic rings. The number of aryl methyl sites for hydroxylation is 1. The minimum atomic E-state index is -1.19. The van der Waals surface area contributed by atoms with E-state index in [9.17, 15) is 24.2 Å². The Morgan fingerprint density at radius 2 is 1.82 bits per heavy atom. The molecule has 0 radical (unpaired) electrons. The Balaban J connectivity index is 1.78. The van der Waals surface area contributed by atoms with Gasteiger partial charge in [0.2, 0.25) is 0 Å². The predicted octanol–water partition coefficient (Wildman–Crippen LogP) is 5.45. The number of fused-ring (bicyclic) bond motifs is 3. The van der Waals surface area contributed by atoms with Crippen molar-refractivity contribution in [3.05, 3.63) is 76.7 Å². The Labute approximate surface area is 263 Å². The highest BCUT2D eigenvalue weighted by Crippen LogP contribution is 2.42. The average Bonchev–Trinajstić information content (AvgIpc) is 3.14. The monoisotopic (exact) mass is 618 g/mol. The second-order valence-corrected chi connectivity index (χ2v) is 12.1. The number of halogens is 1. The van der Waals surface area contributed by atoms with Gasteiger partial charge in [0, 0.05) is 36.3 Å². The first-order chi connectivity index (χ1) is 21.4. The number of urea groups is 1. The van der Waals surface area contributed by atoms with Crippen molar-refractivity contribution in [3.8, 4) is 22.4 Å². The smallest absolute Gasteiger partial charge is 0.319 e. The molecule has 0 bridgehead atoms. The van der Waals surface area contributed by atoms with Gasteiger partial charge in [-0.25, -0.2) is 9.18 Å². The van der Waals surface area contributed by atoms with Crippen LogP contribution in [0, 0.1) is 5.82 Å². The van der Waals surface area contributed by atoms with Crippen LogP contribution in [-0.4, -0.2) is 76.6 Å². The van der Waals surface area contributed by atoms with Crippen molar-refractivity contribution in [2.45, 2.75) is 64.1 Å². The van der Waals surface area contributed by atoms with Crippen LogP contribution < -0.4 is 10.6 Å². The Kier molecular flexibility index (Phi) is 11.4. The number of likely N-dealkylation sites (N-methyl/N-ethyl adjacent to an activating group) is 1. The van der Waals surface area contributed by atoms with Gasteiger partial charge in [0.25, 0.3) is 0 Å². The Morgan fingerprint density at radius 3 is 2.49 bits per heavy atom. The Bertz CT molecular complexity index is 1540. The van der Waals surface area contributed by atoms with Gasteiger partial charge in [0.1, 0.15) is 5.82 Å². The fraction of sp³-hybridized carbons (Fsp3) is 0.400. The second-order valence-electron chi connectivity index (χ2n) is 12.1. The number of carboxylic acid groups (broad SMARTS) is 1. The first kappa shape index (κ1) is 33.8. The van der Waals surface area contributed by atoms with Gasteiger partial charge in [-0.1, -0.05) is 44.2 Å². The molecule has 0 saturated carbocycles. The van der Waals surface area contributed by atoms with Gasteiger partial charge in [-0.2, -0.15) is 0 Å². The molecular weight excluding hydrogens is 575 g/mol. The molecule has 240 valence electrons. The molecular formula is C35H43FN4O5. The highest BCUT2D eigenvalue weighted by molar-refractivity contribution is 5.91. The van der Waals surface area contributed by atoms with Gasteiger partial charge in [0.05, 0.1) is 30.0 Å². The summed E-state index contributed by atoms with van der Waals surface area (Å²) in [4.78, 5) is 30.7. The van der Waals surface area contributed by atoms with Crippen molar-refractivity contribution in [1.29, 1.82) is 0 Å². The largest absolute Gasteiger partial charge is 0.481 e. The number of anilines is 1. The number of aliphatic carboxylic acids is 1. The quantitative estimate of drug-likeness (QED) is 0.182. The van der Waals surface area contributed by atoms with E-state index >= 15 is 0 Å². The summed E-state index contributed by atoms with van der Waals surface area (Å²) in [5.41, 5.74) is 7.87. The molecule has 2 aromatic carbocycles. The van der Waals surface area contributed by atoms with Crippen LogP contribution >= 0.6 is 0 Å². The first-order valence-corrected chi connectivity index (χ1v) is 15.3. The van der Waals surface area contributed by atoms with Crippen LogP contribution in [-0.2, 0) is 17.6 Å². The lowest BCUT2D eigenvalue weighted by Gasteiger charge is -2.22. The van der Waals surface area contributed by atoms with Crippen molar-refractivity contribution in [2.75, 3.05) is 32.5 Å². The summed E-state index contributed by atoms with van der Waals surface area (Å²) in [6.07, 6.45) is 2.79. The van der Waals surface area contributed by atoms with E-state index in [1.807, 2.05) is 51.0 Å². The number of aliphatic hydroxyl groups excluding tert-OH is 2. The number of pyridine rings is 1. The number of rotatable bonds is 12. The van der Waals surface area contributed by atoms with Crippen LogP contribution in [0.25, 0.3) is 28.5 Å². The summed E-state index contributed by atoms with van der Waals surface area (Å²) >= 11 is 0. The number of carbonyl (C=O) groups is 2. The third-order valence-corrected chi connectivity index (χ3v) is 7.79. The van der Waals surface area contributed by atoms with Crippen molar-refractivity contribution in [1.82, 2.24) is 15.2 Å². The summed E-state index contributed by atoms with van der Waals surface area (Å²) in [7, 11) is 3.90. The summed E-state index contributed by atoms with van der Waals surface area (Å²) in [5, 5.41) is 35.5. The molecule has 5 N–H and O–H groups in total. The van der Waals surface area contributed by atoms with Gasteiger partial charge in [-0.3, -0.25) is 9.78 Å². The van der Waals surface area contributed by atoms with Crippen LogP contribution in [0.1, 0.15) is 61.4 Å². The van der Waals surface area contributed by atoms with E-state index in [1.54, 1.807) is 24.3 Å². The number of benzene rings is 2. The zero-order chi connectivity index (χ0) is 32.7. The lowest BCUT2D eigenvalue weighted by Crippen LogP contribution is -2.34. The number of amides is 2. The molecule has 1 aromatic heterocycles. The van der Waals surface area contributed by atoms with E-state index in [2.05, 4.69) is 10.6 Å². The molecule has 9 nitrogen and oxygen atoms in total. The van der Waals surface area contributed by atoms with E-state index in [-0.39, 0.29) is 24.2 Å². The summed E-state index contributed by atoms with van der Waals surface area (Å²) < 4.78 is 14.0. The number of nitrogens with one attached hydrogen (secondary N) is 2. The number of hydrogen-bond acceptors (Lipinski definition) is 6. The van der Waals surface area contributed by atoms with Crippen LogP contribution in [0.3, 0.4) is 0 Å². The Hall–Kier alpha value is -4.12. The predicted molar refractivity (Wildman–Crippen MR) is 175 cm³/mol. The Morgan fingerprint density at radius 1 is 1.09 bits per heavy atom. The van der Waals surface area contributed by atoms with Crippen LogP contribution in [0.4, 0.5) is 14.9 Å². The van der Waals surface area contributed by atoms with Gasteiger partial charge < -0.3 is 30.9 Å². The van der Waals surface area contributed by atoms with Crippen LogP contribution in [0.15, 0.2) is 48.5 Å². The second kappa shape index (κ2) is 15.2. The molecule has 1 heterocycles. The first-order valence-electron chi connectivity index (χ1n) is 15.3. The maximum absolute atomic E-state index is 14.0. The summed E-state index contributed by atoms with van der Waals surface area (Å²) in [6, 6.07) is 11.9. The standard InChI is InChI=1S/C35H43FN4O5/c1-21(2)33-30(15-13-26(41)19-27(42)20-31(43)44)32(22-8-10-24(36)11-9-22)29-7-5-6-23-18-25(12-14-28(23)34(29)39-33)38-35(45)37-16-17-40(3)4/h8-15,18,21,26-27,41-42H,5-7,16-17,19-20H2,1-4H3,(H,43,44)(H2,37,38,45)/b15-13+/t26-,27-/m1/s1. The number of carboxylic acids is 1. The molecule has 0 unspecified atom stereocenters. The molecule has 0 fully saturated rings. The molecule has 4 rings (SSSR count). The minimum absolute atomic E-state index is 0.0117. The van der Waals surface area contributed by atoms with Crippen LogP contribution in [0.5, 0.6) is 0 Å². The molecule has 0 saturated heterocycles. The third-order valence-electron chi connectivity index (χ3n) is 7.79. The van der Waals surface area contributed by atoms with Crippen molar-refractivity contribution in [3.63, 3.8) is 0 Å². The minimum Gasteiger partial charge on any atom is -0.481 e. The molecule has 45 heavy (non-hydrogen) atoms. The van der Waals surface area contributed by atoms with Gasteiger partial charge in [-0.15, -0.1) is 0 Å². The zero-order valence-electron chi connectivity index (χ0n) is 26.3. The number of aromatic nitrogens is 1. The molecule has 1 aliphatic rings. The summed E-state index contributed by atoms with van der Waals surface area (Å²) in [5.74, 6) is -1.50. The van der Waals surface area contributed by atoms with Crippen molar-refractivity contribution in [2.24, 2.45) is 0 Å². The molecule has 2 amide bonds. The molecule has 0 aliphatic heterocycles. The van der Waals surface area contributed by atoms with Crippen LogP contribution in [0.2, 0.25) is 0 Å². The number of nitrogens with zero attached hydrogens (tertiary/aromatic N) is 2. The van der Waals surface area contributed by atoms with E-state index in [4.69, 9.17) is 10.1 Å². The molecule has 0 spiro atoms. The summed E-state index contributed by atoms with van der Waals surface area (Å²) in [6.45, 7) is 5.33. The normalized spacial score (nSPS) is 14.2. The number of aliphatic hydroxyl groups is 2. The average molecular weight is 619 g/mol. The maximum Gasteiger partial charge on any atom is 0.319 e. The van der Waals surface area contributed by atoms with Gasteiger partial charge in [0.15, 0.2) is 0 Å². The van der Waals surface area contributed by atoms with E-state index in [0.717, 1.165) is 64.2 Å². The molecule has 10 heteroatoms. The fourth-order valence-electron chi connectivity index (χ4n) is 5.66. The van der Waals surface area contributed by atoms with E-state index in [0.29, 0.717) is 18.7 Å². The topological polar surface area (TPSA) is 135 Å². The van der Waals surface area contributed by atoms with Crippen molar-refractivity contribution >= 4 is 23.8 Å². The lowest BCUT2D eigenvalue weighted by atomic mass is 9.86. The number of hydrogen-bond donors (Lipinski definition) is 5. The molecule has 2 atom stereocenters. The lowest BCUT2D eigenvalue weighted by molar-refractivity contribution is -0.139. The van der Waals surface area contributed by atoms with Gasteiger partial charge in [-0.05, 0) is 85.8 Å². The third kappa shape index (κ3) is 8.97. The van der Waals surface area contributed by atoms with E-state index in [1.165, 1.54) is 12.1 Å². The van der Waals surface area contributed by atoms with E-state index < -0.39 is 24.6 Å². The van der Waals surface area contributed by atoms with Gasteiger partial charge >= 0.3 is 12.0 Å². The highest BCUT2D eigenvalue weighted by atomic mass is 19.1. The fourth-order valence-corrected chi connectivity index (χ4v) is 5.66. The number of carbonyl (C=O) groups excluding carboxylic acids is 1. The maximum atomic E-state index is 14.0. The highest BCUT2D eigenvalue weighted by Gasteiger charge is 2.26.